The van der Waals surface area contributed by atoms with Crippen LogP contribution in [0.2, 0.25) is 0 Å². The van der Waals surface area contributed by atoms with E-state index in [0.29, 0.717) is 12.0 Å². The van der Waals surface area contributed by atoms with E-state index < -0.39 is 34.1 Å². The molecule has 0 radical (unpaired) electrons. The highest BCUT2D eigenvalue weighted by molar-refractivity contribution is 7.90. The van der Waals surface area contributed by atoms with E-state index in [1.165, 1.54) is 13.0 Å². The SMILES string of the molecule is C[C@H](N=C1NS(=O)(=O)c2ccccc21)C(=O)O[C@@H]1CCOC1=O. The van der Waals surface area contributed by atoms with Crippen molar-refractivity contribution >= 4 is 27.8 Å². The molecular formula is C14H14N2O6S. The molecule has 2 aliphatic rings. The molecule has 1 aromatic carbocycles. The number of cyclic esters (lactones) is 1. The first-order valence-electron chi connectivity index (χ1n) is 6.95. The zero-order valence-corrected chi connectivity index (χ0v) is 13.0. The second kappa shape index (κ2) is 5.65. The molecule has 2 atom stereocenters. The highest BCUT2D eigenvalue weighted by atomic mass is 32.2. The Bertz CT molecular complexity index is 801. The third-order valence-corrected chi connectivity index (χ3v) is 4.87. The van der Waals surface area contributed by atoms with Crippen LogP contribution in [0.1, 0.15) is 18.9 Å². The maximum absolute atomic E-state index is 12.0. The number of rotatable bonds is 3. The largest absolute Gasteiger partial charge is 0.463 e. The molecule has 1 aromatic rings. The number of carbonyl (C=O) groups excluding carboxylic acids is 2. The van der Waals surface area contributed by atoms with E-state index in [4.69, 9.17) is 9.47 Å². The Morgan fingerprint density at radius 3 is 2.87 bits per heavy atom. The molecule has 1 saturated heterocycles. The molecule has 1 N–H and O–H groups in total. The Morgan fingerprint density at radius 1 is 1.43 bits per heavy atom. The summed E-state index contributed by atoms with van der Waals surface area (Å²) >= 11 is 0. The van der Waals surface area contributed by atoms with E-state index in [-0.39, 0.29) is 17.3 Å². The van der Waals surface area contributed by atoms with Crippen molar-refractivity contribution in [2.24, 2.45) is 4.99 Å². The quantitative estimate of drug-likeness (QED) is 0.775. The van der Waals surface area contributed by atoms with Gasteiger partial charge in [-0.2, -0.15) is 0 Å². The van der Waals surface area contributed by atoms with E-state index in [0.717, 1.165) is 0 Å². The Kier molecular flexibility index (Phi) is 3.80. The van der Waals surface area contributed by atoms with Crippen LogP contribution in [0.5, 0.6) is 0 Å². The lowest BCUT2D eigenvalue weighted by atomic mass is 10.2. The van der Waals surface area contributed by atoms with Crippen LogP contribution in [0.3, 0.4) is 0 Å². The van der Waals surface area contributed by atoms with Gasteiger partial charge in [-0.25, -0.2) is 18.0 Å². The molecule has 0 unspecified atom stereocenters. The maximum Gasteiger partial charge on any atom is 0.347 e. The molecule has 0 aliphatic carbocycles. The Morgan fingerprint density at radius 2 is 2.17 bits per heavy atom. The van der Waals surface area contributed by atoms with E-state index in [1.54, 1.807) is 18.2 Å². The molecule has 0 spiro atoms. The fourth-order valence-corrected chi connectivity index (χ4v) is 3.54. The first-order valence-corrected chi connectivity index (χ1v) is 8.44. The standard InChI is InChI=1S/C14H14N2O6S/c1-8(13(17)22-10-6-7-21-14(10)18)15-12-9-4-2-3-5-11(9)23(19,20)16-12/h2-5,8,10H,6-7H2,1H3,(H,15,16)/t8-,10+/m0/s1. The molecule has 2 aliphatic heterocycles. The maximum atomic E-state index is 12.0. The van der Waals surface area contributed by atoms with Crippen LogP contribution in [0.4, 0.5) is 0 Å². The summed E-state index contributed by atoms with van der Waals surface area (Å²) in [5.74, 6) is -1.21. The average molecular weight is 338 g/mol. The molecule has 23 heavy (non-hydrogen) atoms. The molecule has 0 bridgehead atoms. The summed E-state index contributed by atoms with van der Waals surface area (Å²) in [6, 6.07) is 5.36. The minimum absolute atomic E-state index is 0.0825. The van der Waals surface area contributed by atoms with Gasteiger partial charge in [0.1, 0.15) is 11.9 Å². The van der Waals surface area contributed by atoms with E-state index in [2.05, 4.69) is 9.71 Å². The molecular weight excluding hydrogens is 324 g/mol. The van der Waals surface area contributed by atoms with E-state index >= 15 is 0 Å². The molecule has 3 rings (SSSR count). The number of hydrogen-bond acceptors (Lipinski definition) is 7. The smallest absolute Gasteiger partial charge is 0.347 e. The van der Waals surface area contributed by atoms with E-state index in [1.807, 2.05) is 0 Å². The normalized spacial score (nSPS) is 24.7. The first-order chi connectivity index (χ1) is 10.9. The van der Waals surface area contributed by atoms with Gasteiger partial charge < -0.3 is 9.47 Å². The van der Waals surface area contributed by atoms with Crippen LogP contribution in [-0.4, -0.2) is 44.9 Å². The van der Waals surface area contributed by atoms with Gasteiger partial charge in [-0.1, -0.05) is 12.1 Å². The van der Waals surface area contributed by atoms with Crippen molar-refractivity contribution < 1.29 is 27.5 Å². The first kappa shape index (κ1) is 15.5. The third kappa shape index (κ3) is 2.91. The summed E-state index contributed by atoms with van der Waals surface area (Å²) in [6.45, 7) is 1.68. The number of ether oxygens (including phenoxy) is 2. The second-order valence-corrected chi connectivity index (χ2v) is 6.79. The number of nitrogens with one attached hydrogen (secondary N) is 1. The number of benzene rings is 1. The average Bonchev–Trinajstić information content (AvgIpc) is 3.01. The number of amidine groups is 1. The summed E-state index contributed by atoms with van der Waals surface area (Å²) < 4.78 is 36.0. The minimum Gasteiger partial charge on any atom is -0.463 e. The van der Waals surface area contributed by atoms with Crippen LogP contribution < -0.4 is 4.72 Å². The molecule has 1 fully saturated rings. The molecule has 122 valence electrons. The van der Waals surface area contributed by atoms with Gasteiger partial charge in [-0.05, 0) is 19.1 Å². The lowest BCUT2D eigenvalue weighted by molar-refractivity contribution is -0.160. The van der Waals surface area contributed by atoms with Gasteiger partial charge in [-0.3, -0.25) is 9.71 Å². The number of carbonyl (C=O) groups is 2. The fourth-order valence-electron chi connectivity index (χ4n) is 2.30. The van der Waals surface area contributed by atoms with Gasteiger partial charge in [0, 0.05) is 12.0 Å². The van der Waals surface area contributed by atoms with Crippen molar-refractivity contribution in [3.63, 3.8) is 0 Å². The highest BCUT2D eigenvalue weighted by Gasteiger charge is 2.34. The summed E-state index contributed by atoms with van der Waals surface area (Å²) in [5.41, 5.74) is 0.396. The molecule has 2 heterocycles. The summed E-state index contributed by atoms with van der Waals surface area (Å²) in [5, 5.41) is 0. The number of hydrogen-bond donors (Lipinski definition) is 1. The van der Waals surface area contributed by atoms with Crippen molar-refractivity contribution in [2.75, 3.05) is 6.61 Å². The summed E-state index contributed by atoms with van der Waals surface area (Å²) in [6.07, 6.45) is -0.610. The second-order valence-electron chi connectivity index (χ2n) is 5.14. The predicted octanol–water partition coefficient (Wildman–Crippen LogP) is -0.0277. The van der Waals surface area contributed by atoms with E-state index in [9.17, 15) is 18.0 Å². The number of aliphatic imine (C=N–C) groups is 1. The minimum atomic E-state index is -3.66. The Balaban J connectivity index is 1.79. The van der Waals surface area contributed by atoms with Gasteiger partial charge in [-0.15, -0.1) is 0 Å². The molecule has 0 aromatic heterocycles. The van der Waals surface area contributed by atoms with Crippen LogP contribution in [0, 0.1) is 0 Å². The fraction of sp³-hybridized carbons (Fsp3) is 0.357. The van der Waals surface area contributed by atoms with Crippen LogP contribution >= 0.6 is 0 Å². The zero-order valence-electron chi connectivity index (χ0n) is 12.2. The monoisotopic (exact) mass is 338 g/mol. The topological polar surface area (TPSA) is 111 Å². The predicted molar refractivity (Wildman–Crippen MR) is 78.2 cm³/mol. The van der Waals surface area contributed by atoms with Gasteiger partial charge in [0.25, 0.3) is 10.0 Å². The number of esters is 2. The lowest BCUT2D eigenvalue weighted by Gasteiger charge is -2.11. The van der Waals surface area contributed by atoms with Crippen LogP contribution in [0.15, 0.2) is 34.2 Å². The molecule has 0 amide bonds. The zero-order chi connectivity index (χ0) is 16.6. The van der Waals surface area contributed by atoms with Crippen molar-refractivity contribution in [1.82, 2.24) is 4.72 Å². The van der Waals surface area contributed by atoms with Gasteiger partial charge in [0.05, 0.1) is 11.5 Å². The van der Waals surface area contributed by atoms with Crippen molar-refractivity contribution in [1.29, 1.82) is 0 Å². The molecule has 9 heteroatoms. The summed E-state index contributed by atoms with van der Waals surface area (Å²) in [4.78, 5) is 27.5. The Labute approximate surface area is 132 Å². The van der Waals surface area contributed by atoms with Gasteiger partial charge in [0.15, 0.2) is 0 Å². The molecule has 0 saturated carbocycles. The van der Waals surface area contributed by atoms with Gasteiger partial charge >= 0.3 is 11.9 Å². The Hall–Kier alpha value is -2.42. The van der Waals surface area contributed by atoms with Crippen LogP contribution in [0.25, 0.3) is 0 Å². The third-order valence-electron chi connectivity index (χ3n) is 3.47. The number of fused-ring (bicyclic) bond motifs is 1. The van der Waals surface area contributed by atoms with Gasteiger partial charge in [0.2, 0.25) is 6.10 Å². The number of sulfonamides is 1. The van der Waals surface area contributed by atoms with Crippen molar-refractivity contribution in [3.05, 3.63) is 29.8 Å². The molecule has 8 nitrogen and oxygen atoms in total. The van der Waals surface area contributed by atoms with Crippen LogP contribution in [-0.2, 0) is 29.1 Å². The van der Waals surface area contributed by atoms with Crippen molar-refractivity contribution in [3.8, 4) is 0 Å². The highest BCUT2D eigenvalue weighted by Crippen LogP contribution is 2.22. The number of nitrogens with zero attached hydrogens (tertiary/aromatic N) is 1. The lowest BCUT2D eigenvalue weighted by Crippen LogP contribution is -2.30. The van der Waals surface area contributed by atoms with Crippen molar-refractivity contribution in [2.45, 2.75) is 30.4 Å². The summed E-state index contributed by atoms with van der Waals surface area (Å²) in [7, 11) is -3.66.